The van der Waals surface area contributed by atoms with Crippen LogP contribution in [0.4, 0.5) is 0 Å². The number of aliphatic hydroxyl groups excluding tert-OH is 1. The molecule has 0 aromatic carbocycles. The number of carbonyl (C=O) groups excluding carboxylic acids is 2. The SMILES string of the molecule is CC(C)C(=CC#N)C(=O)OC(=O)C(C)O. The molecule has 0 aliphatic heterocycles. The average Bonchev–Trinajstić information content (AvgIpc) is 2.12. The highest BCUT2D eigenvalue weighted by Gasteiger charge is 2.20. The van der Waals surface area contributed by atoms with Crippen molar-refractivity contribution >= 4 is 11.9 Å². The summed E-state index contributed by atoms with van der Waals surface area (Å²) in [5.41, 5.74) is 0.103. The Balaban J connectivity index is 4.64. The Morgan fingerprint density at radius 3 is 2.27 bits per heavy atom. The molecule has 15 heavy (non-hydrogen) atoms. The third kappa shape index (κ3) is 4.38. The highest BCUT2D eigenvalue weighted by Crippen LogP contribution is 2.11. The Morgan fingerprint density at radius 2 is 1.93 bits per heavy atom. The Bertz CT molecular complexity index is 323. The molecule has 0 spiro atoms. The molecule has 5 nitrogen and oxygen atoms in total. The van der Waals surface area contributed by atoms with E-state index in [1.54, 1.807) is 19.9 Å². The van der Waals surface area contributed by atoms with E-state index in [1.165, 1.54) is 6.92 Å². The first-order chi connectivity index (χ1) is 6.90. The van der Waals surface area contributed by atoms with Gasteiger partial charge in [-0.15, -0.1) is 0 Å². The van der Waals surface area contributed by atoms with Crippen LogP contribution in [-0.4, -0.2) is 23.1 Å². The van der Waals surface area contributed by atoms with Crippen molar-refractivity contribution in [1.82, 2.24) is 0 Å². The van der Waals surface area contributed by atoms with Crippen LogP contribution in [0.1, 0.15) is 20.8 Å². The van der Waals surface area contributed by atoms with E-state index in [-0.39, 0.29) is 11.5 Å². The molecule has 0 amide bonds. The molecule has 5 heteroatoms. The maximum Gasteiger partial charge on any atom is 0.342 e. The molecule has 0 radical (unpaired) electrons. The molecule has 0 aliphatic rings. The first-order valence-electron chi connectivity index (χ1n) is 4.44. The number of rotatable bonds is 3. The molecule has 1 atom stereocenters. The number of nitriles is 1. The standard InChI is InChI=1S/C10H13NO4/c1-6(2)8(4-5-11)10(14)15-9(13)7(3)12/h4,6-7,12H,1-3H3. The molecule has 0 aromatic rings. The van der Waals surface area contributed by atoms with Crippen LogP contribution < -0.4 is 0 Å². The Labute approximate surface area is 88.0 Å². The van der Waals surface area contributed by atoms with Crippen LogP contribution in [0.3, 0.4) is 0 Å². The van der Waals surface area contributed by atoms with Crippen molar-refractivity contribution in [2.75, 3.05) is 0 Å². The summed E-state index contributed by atoms with van der Waals surface area (Å²) >= 11 is 0. The smallest absolute Gasteiger partial charge is 0.342 e. The molecular weight excluding hydrogens is 198 g/mol. The van der Waals surface area contributed by atoms with E-state index in [2.05, 4.69) is 4.74 Å². The maximum atomic E-state index is 11.3. The van der Waals surface area contributed by atoms with Gasteiger partial charge < -0.3 is 9.84 Å². The number of nitrogens with zero attached hydrogens (tertiary/aromatic N) is 1. The molecule has 0 aliphatic carbocycles. The Hall–Kier alpha value is -1.67. The molecular formula is C10H13NO4. The van der Waals surface area contributed by atoms with Crippen molar-refractivity contribution in [2.24, 2.45) is 5.92 Å². The second-order valence-corrected chi connectivity index (χ2v) is 3.27. The molecule has 0 saturated carbocycles. The van der Waals surface area contributed by atoms with E-state index in [0.717, 1.165) is 6.08 Å². The number of hydrogen-bond donors (Lipinski definition) is 1. The minimum atomic E-state index is -1.36. The summed E-state index contributed by atoms with van der Waals surface area (Å²) in [5.74, 6) is -2.14. The lowest BCUT2D eigenvalue weighted by Gasteiger charge is -2.09. The van der Waals surface area contributed by atoms with Gasteiger partial charge in [0, 0.05) is 6.08 Å². The molecule has 0 aromatic heterocycles. The number of esters is 2. The highest BCUT2D eigenvalue weighted by atomic mass is 16.6. The van der Waals surface area contributed by atoms with Crippen molar-refractivity contribution in [3.8, 4) is 6.07 Å². The van der Waals surface area contributed by atoms with Gasteiger partial charge in [-0.25, -0.2) is 9.59 Å². The zero-order valence-electron chi connectivity index (χ0n) is 8.85. The van der Waals surface area contributed by atoms with Crippen molar-refractivity contribution in [3.05, 3.63) is 11.6 Å². The third-order valence-corrected chi connectivity index (χ3v) is 1.61. The van der Waals surface area contributed by atoms with Gasteiger partial charge >= 0.3 is 11.9 Å². The van der Waals surface area contributed by atoms with Crippen LogP contribution in [-0.2, 0) is 14.3 Å². The topological polar surface area (TPSA) is 87.4 Å². The molecule has 0 fully saturated rings. The quantitative estimate of drug-likeness (QED) is 0.318. The fraction of sp³-hybridized carbons (Fsp3) is 0.500. The summed E-state index contributed by atoms with van der Waals surface area (Å²) in [5, 5.41) is 17.2. The zero-order valence-corrected chi connectivity index (χ0v) is 8.85. The van der Waals surface area contributed by atoms with Gasteiger partial charge in [0.2, 0.25) is 0 Å². The van der Waals surface area contributed by atoms with Crippen molar-refractivity contribution in [2.45, 2.75) is 26.9 Å². The summed E-state index contributed by atoms with van der Waals surface area (Å²) in [6, 6.07) is 1.70. The number of ether oxygens (including phenoxy) is 1. The molecule has 0 heterocycles. The Morgan fingerprint density at radius 1 is 1.40 bits per heavy atom. The van der Waals surface area contributed by atoms with E-state index < -0.39 is 18.0 Å². The van der Waals surface area contributed by atoms with Crippen molar-refractivity contribution < 1.29 is 19.4 Å². The van der Waals surface area contributed by atoms with E-state index in [4.69, 9.17) is 10.4 Å². The van der Waals surface area contributed by atoms with Gasteiger partial charge in [0.05, 0.1) is 11.6 Å². The summed E-state index contributed by atoms with van der Waals surface area (Å²) < 4.78 is 4.34. The van der Waals surface area contributed by atoms with Gasteiger partial charge in [-0.2, -0.15) is 5.26 Å². The lowest BCUT2D eigenvalue weighted by atomic mass is 10.0. The van der Waals surface area contributed by atoms with Crippen molar-refractivity contribution in [1.29, 1.82) is 5.26 Å². The van der Waals surface area contributed by atoms with Gasteiger partial charge in [0.15, 0.2) is 0 Å². The van der Waals surface area contributed by atoms with Crippen LogP contribution >= 0.6 is 0 Å². The predicted molar refractivity (Wildman–Crippen MR) is 51.3 cm³/mol. The second kappa shape index (κ2) is 5.94. The van der Waals surface area contributed by atoms with Crippen LogP contribution in [0, 0.1) is 17.2 Å². The largest absolute Gasteiger partial charge is 0.388 e. The highest BCUT2D eigenvalue weighted by molar-refractivity contribution is 5.97. The molecule has 1 N–H and O–H groups in total. The van der Waals surface area contributed by atoms with Gasteiger partial charge in [0.1, 0.15) is 6.10 Å². The fourth-order valence-electron chi connectivity index (χ4n) is 0.766. The van der Waals surface area contributed by atoms with Crippen LogP contribution in [0.5, 0.6) is 0 Å². The monoisotopic (exact) mass is 211 g/mol. The Kier molecular flexibility index (Phi) is 5.27. The van der Waals surface area contributed by atoms with E-state index in [9.17, 15) is 9.59 Å². The first kappa shape index (κ1) is 13.3. The minimum Gasteiger partial charge on any atom is -0.388 e. The predicted octanol–water partition coefficient (Wildman–Crippen LogP) is 0.543. The summed E-state index contributed by atoms with van der Waals surface area (Å²) in [6.45, 7) is 4.58. The molecule has 0 bridgehead atoms. The normalized spacial score (nSPS) is 13.2. The van der Waals surface area contributed by atoms with Crippen LogP contribution in [0.25, 0.3) is 0 Å². The van der Waals surface area contributed by atoms with E-state index in [0.29, 0.717) is 0 Å². The fourth-order valence-corrected chi connectivity index (χ4v) is 0.766. The lowest BCUT2D eigenvalue weighted by Crippen LogP contribution is -2.24. The average molecular weight is 211 g/mol. The maximum absolute atomic E-state index is 11.3. The van der Waals surface area contributed by atoms with Crippen molar-refractivity contribution in [3.63, 3.8) is 0 Å². The van der Waals surface area contributed by atoms with E-state index >= 15 is 0 Å². The van der Waals surface area contributed by atoms with Gasteiger partial charge in [-0.3, -0.25) is 0 Å². The van der Waals surface area contributed by atoms with Crippen LogP contribution in [0.2, 0.25) is 0 Å². The molecule has 0 rings (SSSR count). The van der Waals surface area contributed by atoms with E-state index in [1.807, 2.05) is 0 Å². The minimum absolute atomic E-state index is 0.103. The summed E-state index contributed by atoms with van der Waals surface area (Å²) in [4.78, 5) is 22.2. The number of carbonyl (C=O) groups is 2. The zero-order chi connectivity index (χ0) is 12.0. The molecule has 0 saturated heterocycles. The summed E-state index contributed by atoms with van der Waals surface area (Å²) in [7, 11) is 0. The number of hydrogen-bond acceptors (Lipinski definition) is 5. The molecule has 82 valence electrons. The van der Waals surface area contributed by atoms with Crippen LogP contribution in [0.15, 0.2) is 11.6 Å². The molecule has 1 unspecified atom stereocenters. The van der Waals surface area contributed by atoms with Gasteiger partial charge in [-0.1, -0.05) is 13.8 Å². The lowest BCUT2D eigenvalue weighted by molar-refractivity contribution is -0.163. The second-order valence-electron chi connectivity index (χ2n) is 3.27. The first-order valence-corrected chi connectivity index (χ1v) is 4.44. The number of aliphatic hydroxyl groups is 1. The van der Waals surface area contributed by atoms with Gasteiger partial charge in [0.25, 0.3) is 0 Å². The number of allylic oxidation sites excluding steroid dienone is 1. The summed E-state index contributed by atoms with van der Waals surface area (Å²) in [6.07, 6.45) is -0.327. The third-order valence-electron chi connectivity index (χ3n) is 1.61. The van der Waals surface area contributed by atoms with Gasteiger partial charge in [-0.05, 0) is 12.8 Å².